The summed E-state index contributed by atoms with van der Waals surface area (Å²) in [4.78, 5) is 82.6. The molecule has 6 atom stereocenters. The van der Waals surface area contributed by atoms with Crippen molar-refractivity contribution in [3.8, 4) is 0 Å². The van der Waals surface area contributed by atoms with E-state index in [2.05, 4.69) is 20.9 Å². The lowest BCUT2D eigenvalue weighted by molar-refractivity contribution is -0.145. The molecule has 4 rings (SSSR count). The van der Waals surface area contributed by atoms with Gasteiger partial charge in [-0.1, -0.05) is 48.5 Å². The van der Waals surface area contributed by atoms with Gasteiger partial charge < -0.3 is 31.6 Å². The fraction of sp³-hybridized carbons (Fsp3) is 0.667. The van der Waals surface area contributed by atoms with Gasteiger partial charge in [-0.25, -0.2) is 4.79 Å². The number of urea groups is 1. The highest BCUT2D eigenvalue weighted by Crippen LogP contribution is 2.65. The van der Waals surface area contributed by atoms with E-state index in [0.717, 1.165) is 0 Å². The molecule has 6 N–H and O–H groups in total. The Hall–Kier alpha value is -3.70. The van der Waals surface area contributed by atoms with Crippen LogP contribution in [0.25, 0.3) is 0 Å². The van der Waals surface area contributed by atoms with E-state index in [9.17, 15) is 28.8 Å². The first-order chi connectivity index (χ1) is 19.5. The number of aromatic amines is 1. The van der Waals surface area contributed by atoms with Gasteiger partial charge in [0.05, 0.1) is 11.7 Å². The SMILES string of the molecule is CC(C)[C@H](NC(=O)N[C@H](C(=O)N1C[C@H]2[C@@H]([C@H]1C(=O)NC(C(=O)C(N)=O)C1CC1)C2(C)C)C(C)(C)C)C(=O)c1ccc[nH]1. The van der Waals surface area contributed by atoms with Crippen LogP contribution in [0.3, 0.4) is 0 Å². The summed E-state index contributed by atoms with van der Waals surface area (Å²) in [7, 11) is 0. The Morgan fingerprint density at radius 3 is 2.19 bits per heavy atom. The largest absolute Gasteiger partial charge is 0.363 e. The Morgan fingerprint density at radius 1 is 1.05 bits per heavy atom. The monoisotopic (exact) mass is 584 g/mol. The standard InChI is InChI=1S/C30H44N6O6/c1-14(2)19(22(37)17-9-8-12-32-17)34-28(42)35-24(29(3,4)5)27(41)36-13-16-18(30(16,6)7)21(36)26(40)33-20(15-10-11-15)23(38)25(31)39/h8-9,12,14-16,18-21,24,32H,10-11,13H2,1-7H3,(H2,31,39)(H,33,40)(H2,34,35,42)/t16-,18-,19-,20?,21-,24+/m0/s1. The number of primary amides is 1. The summed E-state index contributed by atoms with van der Waals surface area (Å²) in [5, 5.41) is 8.26. The van der Waals surface area contributed by atoms with Crippen molar-refractivity contribution in [3.63, 3.8) is 0 Å². The molecule has 2 heterocycles. The van der Waals surface area contributed by atoms with Gasteiger partial charge in [-0.15, -0.1) is 0 Å². The predicted molar refractivity (Wildman–Crippen MR) is 154 cm³/mol. The zero-order valence-corrected chi connectivity index (χ0v) is 25.4. The number of carbonyl (C=O) groups excluding carboxylic acids is 6. The Kier molecular flexibility index (Phi) is 8.32. The minimum absolute atomic E-state index is 0.0709. The first kappa shape index (κ1) is 31.2. The number of nitrogens with one attached hydrogen (secondary N) is 4. The van der Waals surface area contributed by atoms with Crippen LogP contribution in [0.4, 0.5) is 4.79 Å². The van der Waals surface area contributed by atoms with Crippen LogP contribution in [0.1, 0.15) is 71.8 Å². The average molecular weight is 585 g/mol. The van der Waals surface area contributed by atoms with Crippen LogP contribution in [-0.4, -0.2) is 75.9 Å². The molecule has 1 aliphatic heterocycles. The van der Waals surface area contributed by atoms with E-state index in [1.807, 2.05) is 48.5 Å². The normalized spacial score (nSPS) is 24.7. The number of Topliss-reactive ketones (excluding diaryl/α,β-unsaturated/α-hetero) is 2. The van der Waals surface area contributed by atoms with E-state index in [4.69, 9.17) is 5.73 Å². The van der Waals surface area contributed by atoms with E-state index in [1.54, 1.807) is 18.3 Å². The third-order valence-corrected chi connectivity index (χ3v) is 9.16. The van der Waals surface area contributed by atoms with Crippen molar-refractivity contribution < 1.29 is 28.8 Å². The summed E-state index contributed by atoms with van der Waals surface area (Å²) in [6.07, 6.45) is 3.03. The summed E-state index contributed by atoms with van der Waals surface area (Å²) in [5.41, 5.74) is 4.68. The van der Waals surface area contributed by atoms with Gasteiger partial charge in [0.25, 0.3) is 5.91 Å². The smallest absolute Gasteiger partial charge is 0.316 e. The molecule has 0 bridgehead atoms. The van der Waals surface area contributed by atoms with Gasteiger partial charge in [0.2, 0.25) is 23.4 Å². The van der Waals surface area contributed by atoms with Gasteiger partial charge in [-0.3, -0.25) is 24.0 Å². The predicted octanol–water partition coefficient (Wildman–Crippen LogP) is 1.37. The highest BCUT2D eigenvalue weighted by atomic mass is 16.2. The minimum Gasteiger partial charge on any atom is -0.363 e. The van der Waals surface area contributed by atoms with E-state index in [0.29, 0.717) is 25.1 Å². The van der Waals surface area contributed by atoms with Crippen LogP contribution >= 0.6 is 0 Å². The van der Waals surface area contributed by atoms with E-state index in [1.165, 1.54) is 4.90 Å². The van der Waals surface area contributed by atoms with Crippen molar-refractivity contribution in [2.45, 2.75) is 85.5 Å². The molecule has 42 heavy (non-hydrogen) atoms. The molecule has 3 fully saturated rings. The Balaban J connectivity index is 1.53. The Bertz CT molecular complexity index is 1260. The minimum atomic E-state index is -1.10. The summed E-state index contributed by atoms with van der Waals surface area (Å²) in [6, 6.07) is -1.08. The van der Waals surface area contributed by atoms with Crippen molar-refractivity contribution in [1.29, 1.82) is 0 Å². The number of hydrogen-bond donors (Lipinski definition) is 5. The molecule has 230 valence electrons. The lowest BCUT2D eigenvalue weighted by Crippen LogP contribution is -2.62. The van der Waals surface area contributed by atoms with Crippen molar-refractivity contribution in [2.75, 3.05) is 6.54 Å². The van der Waals surface area contributed by atoms with Crippen LogP contribution in [0, 0.1) is 34.5 Å². The number of likely N-dealkylation sites (tertiary alicyclic amines) is 1. The lowest BCUT2D eigenvalue weighted by atomic mass is 9.85. The number of aromatic nitrogens is 1. The molecular weight excluding hydrogens is 540 g/mol. The zero-order valence-electron chi connectivity index (χ0n) is 25.4. The molecule has 3 aliphatic rings. The topological polar surface area (TPSA) is 184 Å². The van der Waals surface area contributed by atoms with Gasteiger partial charge in [-0.2, -0.15) is 0 Å². The van der Waals surface area contributed by atoms with E-state index in [-0.39, 0.29) is 34.9 Å². The van der Waals surface area contributed by atoms with Crippen LogP contribution < -0.4 is 21.7 Å². The fourth-order valence-electron chi connectivity index (χ4n) is 6.35. The maximum atomic E-state index is 14.1. The van der Waals surface area contributed by atoms with Crippen molar-refractivity contribution >= 4 is 35.3 Å². The average Bonchev–Trinajstić information content (AvgIpc) is 3.63. The maximum Gasteiger partial charge on any atom is 0.316 e. The zero-order chi connectivity index (χ0) is 31.3. The third-order valence-electron chi connectivity index (χ3n) is 9.16. The van der Waals surface area contributed by atoms with Crippen molar-refractivity contribution in [3.05, 3.63) is 24.0 Å². The first-order valence-electron chi connectivity index (χ1n) is 14.7. The number of H-pyrrole nitrogens is 1. The summed E-state index contributed by atoms with van der Waals surface area (Å²) >= 11 is 0. The van der Waals surface area contributed by atoms with Gasteiger partial charge in [0, 0.05) is 12.7 Å². The number of rotatable bonds is 11. The molecule has 1 aromatic heterocycles. The number of amides is 5. The molecule has 1 saturated heterocycles. The maximum absolute atomic E-state index is 14.1. The number of piperidine rings is 1. The summed E-state index contributed by atoms with van der Waals surface area (Å²) < 4.78 is 0. The molecule has 2 saturated carbocycles. The van der Waals surface area contributed by atoms with Gasteiger partial charge in [0.1, 0.15) is 18.1 Å². The highest BCUT2D eigenvalue weighted by molar-refractivity contribution is 6.38. The van der Waals surface area contributed by atoms with E-state index >= 15 is 0 Å². The fourth-order valence-corrected chi connectivity index (χ4v) is 6.35. The molecule has 2 aliphatic carbocycles. The summed E-state index contributed by atoms with van der Waals surface area (Å²) in [6.45, 7) is 13.5. The molecular formula is C30H44N6O6. The molecule has 1 unspecified atom stereocenters. The van der Waals surface area contributed by atoms with Crippen LogP contribution in [0.2, 0.25) is 0 Å². The molecule has 5 amide bonds. The Labute approximate surface area is 246 Å². The molecule has 0 radical (unpaired) electrons. The second-order valence-corrected chi connectivity index (χ2v) is 14.0. The van der Waals surface area contributed by atoms with Crippen LogP contribution in [0.5, 0.6) is 0 Å². The van der Waals surface area contributed by atoms with Gasteiger partial charge in [-0.05, 0) is 59.5 Å². The second-order valence-electron chi connectivity index (χ2n) is 14.0. The molecule has 12 heteroatoms. The molecule has 0 aromatic carbocycles. The summed E-state index contributed by atoms with van der Waals surface area (Å²) in [5.74, 6) is -3.59. The lowest BCUT2D eigenvalue weighted by Gasteiger charge is -2.38. The first-order valence-corrected chi connectivity index (χ1v) is 14.7. The number of carbonyl (C=O) groups is 6. The highest BCUT2D eigenvalue weighted by Gasteiger charge is 2.70. The number of nitrogens with two attached hydrogens (primary N) is 1. The van der Waals surface area contributed by atoms with E-state index < -0.39 is 59.1 Å². The number of hydrogen-bond acceptors (Lipinski definition) is 6. The van der Waals surface area contributed by atoms with Gasteiger partial charge >= 0.3 is 6.03 Å². The Morgan fingerprint density at radius 2 is 1.69 bits per heavy atom. The second kappa shape index (κ2) is 11.2. The number of nitrogens with zero attached hydrogens (tertiary/aromatic N) is 1. The van der Waals surface area contributed by atoms with Crippen LogP contribution in [-0.2, 0) is 19.2 Å². The van der Waals surface area contributed by atoms with Crippen LogP contribution in [0.15, 0.2) is 18.3 Å². The quantitative estimate of drug-likeness (QED) is 0.193. The molecule has 1 aromatic rings. The van der Waals surface area contributed by atoms with Crippen molar-refractivity contribution in [1.82, 2.24) is 25.8 Å². The van der Waals surface area contributed by atoms with Crippen molar-refractivity contribution in [2.24, 2.45) is 40.2 Å². The third kappa shape index (κ3) is 6.07. The number of fused-ring (bicyclic) bond motifs is 1. The molecule has 0 spiro atoms. The van der Waals surface area contributed by atoms with Gasteiger partial charge in [0.15, 0.2) is 0 Å². The number of ketones is 2. The molecule has 12 nitrogen and oxygen atoms in total.